The van der Waals surface area contributed by atoms with Crippen molar-refractivity contribution in [2.24, 2.45) is 0 Å². The molecular formula is C20H17N2O+. The third kappa shape index (κ3) is 1.80. The molecule has 0 spiro atoms. The van der Waals surface area contributed by atoms with Crippen molar-refractivity contribution in [3.63, 3.8) is 0 Å². The van der Waals surface area contributed by atoms with E-state index in [1.807, 2.05) is 6.07 Å². The number of ether oxygens (including phenoxy) is 1. The first-order valence-corrected chi connectivity index (χ1v) is 7.95. The highest BCUT2D eigenvalue weighted by molar-refractivity contribution is 5.92. The second-order valence-electron chi connectivity index (χ2n) is 6.12. The van der Waals surface area contributed by atoms with Crippen LogP contribution in [0.4, 0.5) is 0 Å². The van der Waals surface area contributed by atoms with E-state index in [9.17, 15) is 0 Å². The fourth-order valence-corrected chi connectivity index (χ4v) is 3.70. The maximum absolute atomic E-state index is 5.36. The molecule has 3 heteroatoms. The summed E-state index contributed by atoms with van der Waals surface area (Å²) in [6, 6.07) is 17.1. The van der Waals surface area contributed by atoms with E-state index < -0.39 is 0 Å². The second-order valence-corrected chi connectivity index (χ2v) is 6.12. The topological polar surface area (TPSA) is 28.9 Å². The summed E-state index contributed by atoms with van der Waals surface area (Å²) < 4.78 is 7.71. The highest BCUT2D eigenvalue weighted by Crippen LogP contribution is 2.34. The highest BCUT2D eigenvalue weighted by Gasteiger charge is 2.27. The molecule has 0 unspecified atom stereocenters. The molecule has 0 atom stereocenters. The van der Waals surface area contributed by atoms with Crippen molar-refractivity contribution in [2.75, 3.05) is 7.11 Å². The molecule has 0 aliphatic carbocycles. The van der Waals surface area contributed by atoms with Crippen molar-refractivity contribution in [3.8, 4) is 17.1 Å². The van der Waals surface area contributed by atoms with Crippen LogP contribution in [0.25, 0.3) is 33.1 Å². The molecule has 0 amide bonds. The van der Waals surface area contributed by atoms with Gasteiger partial charge in [0, 0.05) is 29.3 Å². The quantitative estimate of drug-likeness (QED) is 0.532. The Morgan fingerprint density at radius 2 is 1.91 bits per heavy atom. The molecule has 1 aliphatic heterocycles. The van der Waals surface area contributed by atoms with E-state index in [0.717, 1.165) is 24.2 Å². The minimum absolute atomic E-state index is 0.891. The molecule has 23 heavy (non-hydrogen) atoms. The Hall–Kier alpha value is -2.81. The lowest BCUT2D eigenvalue weighted by Gasteiger charge is -2.12. The molecule has 1 aliphatic rings. The standard InChI is InChI=1S/C20H16N2O/c1-23-15-6-7-16-17-8-9-22-12-14-5-3-2-4-13(14)10-19(22)20(17)21-18(16)11-15/h2-7,10-12H,8-9H2,1H3/p+1. The summed E-state index contributed by atoms with van der Waals surface area (Å²) in [6.45, 7) is 1.02. The molecule has 0 fully saturated rings. The SMILES string of the molecule is COc1ccc2c3c([nH]c2c1)-c1cc2ccccc2c[n+]1CC3. The van der Waals surface area contributed by atoms with E-state index in [4.69, 9.17) is 4.74 Å². The summed E-state index contributed by atoms with van der Waals surface area (Å²) in [4.78, 5) is 3.61. The van der Waals surface area contributed by atoms with Gasteiger partial charge in [-0.25, -0.2) is 0 Å². The Morgan fingerprint density at radius 3 is 2.78 bits per heavy atom. The number of benzene rings is 2. The fourth-order valence-electron chi connectivity index (χ4n) is 3.70. The number of hydrogen-bond acceptors (Lipinski definition) is 1. The predicted octanol–water partition coefficient (Wildman–Crippen LogP) is 3.84. The number of fused-ring (bicyclic) bond motifs is 6. The van der Waals surface area contributed by atoms with Crippen LogP contribution in [0.15, 0.2) is 54.7 Å². The number of aromatic nitrogens is 2. The van der Waals surface area contributed by atoms with Crippen LogP contribution in [0.2, 0.25) is 0 Å². The first-order valence-electron chi connectivity index (χ1n) is 7.95. The first kappa shape index (κ1) is 12.7. The molecule has 5 rings (SSSR count). The molecule has 0 saturated heterocycles. The van der Waals surface area contributed by atoms with Crippen LogP contribution in [0.1, 0.15) is 5.56 Å². The lowest BCUT2D eigenvalue weighted by atomic mass is 10.00. The minimum atomic E-state index is 0.891. The number of H-pyrrole nitrogens is 1. The number of hydrogen-bond donors (Lipinski definition) is 1. The summed E-state index contributed by atoms with van der Waals surface area (Å²) in [5.41, 5.74) is 5.07. The van der Waals surface area contributed by atoms with E-state index in [2.05, 4.69) is 58.2 Å². The average Bonchev–Trinajstić information content (AvgIpc) is 2.98. The van der Waals surface area contributed by atoms with Crippen molar-refractivity contribution in [1.29, 1.82) is 0 Å². The Bertz CT molecular complexity index is 1060. The van der Waals surface area contributed by atoms with Crippen molar-refractivity contribution in [3.05, 3.63) is 60.3 Å². The van der Waals surface area contributed by atoms with Gasteiger partial charge < -0.3 is 9.72 Å². The van der Waals surface area contributed by atoms with Gasteiger partial charge in [0.1, 0.15) is 11.4 Å². The Morgan fingerprint density at radius 1 is 1.04 bits per heavy atom. The molecule has 3 nitrogen and oxygen atoms in total. The number of aryl methyl sites for hydroxylation is 2. The predicted molar refractivity (Wildman–Crippen MR) is 91.7 cm³/mol. The van der Waals surface area contributed by atoms with Crippen LogP contribution in [0, 0.1) is 0 Å². The lowest BCUT2D eigenvalue weighted by Crippen LogP contribution is -2.39. The van der Waals surface area contributed by atoms with Crippen LogP contribution < -0.4 is 9.30 Å². The molecule has 3 heterocycles. The molecule has 0 saturated carbocycles. The molecule has 112 valence electrons. The molecule has 0 radical (unpaired) electrons. The summed E-state index contributed by atoms with van der Waals surface area (Å²) in [5.74, 6) is 0.891. The van der Waals surface area contributed by atoms with Crippen molar-refractivity contribution >= 4 is 21.7 Å². The lowest BCUT2D eigenvalue weighted by molar-refractivity contribution is -0.686. The normalized spacial score (nSPS) is 13.1. The van der Waals surface area contributed by atoms with Crippen molar-refractivity contribution < 1.29 is 9.30 Å². The molecular weight excluding hydrogens is 284 g/mol. The van der Waals surface area contributed by atoms with Gasteiger partial charge >= 0.3 is 0 Å². The smallest absolute Gasteiger partial charge is 0.229 e. The van der Waals surface area contributed by atoms with E-state index in [-0.39, 0.29) is 0 Å². The van der Waals surface area contributed by atoms with Gasteiger partial charge in [0.05, 0.1) is 12.6 Å². The zero-order valence-corrected chi connectivity index (χ0v) is 13.0. The Balaban J connectivity index is 1.80. The van der Waals surface area contributed by atoms with E-state index >= 15 is 0 Å². The van der Waals surface area contributed by atoms with Crippen LogP contribution >= 0.6 is 0 Å². The van der Waals surface area contributed by atoms with E-state index in [0.29, 0.717) is 0 Å². The maximum Gasteiger partial charge on any atom is 0.229 e. The van der Waals surface area contributed by atoms with Gasteiger partial charge in [-0.05, 0) is 29.1 Å². The van der Waals surface area contributed by atoms with Gasteiger partial charge in [-0.1, -0.05) is 18.2 Å². The maximum atomic E-state index is 5.36. The van der Waals surface area contributed by atoms with Gasteiger partial charge in [-0.15, -0.1) is 0 Å². The van der Waals surface area contributed by atoms with Gasteiger partial charge in [0.25, 0.3) is 0 Å². The Kier molecular flexibility index (Phi) is 2.54. The molecule has 2 aromatic carbocycles. The minimum Gasteiger partial charge on any atom is -0.497 e. The number of nitrogens with zero attached hydrogens (tertiary/aromatic N) is 1. The third-order valence-electron chi connectivity index (χ3n) is 4.86. The number of aromatic amines is 1. The largest absolute Gasteiger partial charge is 0.497 e. The van der Waals surface area contributed by atoms with E-state index in [1.165, 1.54) is 33.1 Å². The van der Waals surface area contributed by atoms with Crippen molar-refractivity contribution in [2.45, 2.75) is 13.0 Å². The van der Waals surface area contributed by atoms with Gasteiger partial charge in [0.15, 0.2) is 12.7 Å². The van der Waals surface area contributed by atoms with Crippen LogP contribution in [0.5, 0.6) is 5.75 Å². The highest BCUT2D eigenvalue weighted by atomic mass is 16.5. The molecule has 1 N–H and O–H groups in total. The van der Waals surface area contributed by atoms with Crippen LogP contribution in [0.3, 0.4) is 0 Å². The number of rotatable bonds is 1. The zero-order chi connectivity index (χ0) is 15.4. The zero-order valence-electron chi connectivity index (χ0n) is 13.0. The Labute approximate surface area is 134 Å². The van der Waals surface area contributed by atoms with Crippen LogP contribution in [-0.4, -0.2) is 12.1 Å². The van der Waals surface area contributed by atoms with Gasteiger partial charge in [-0.2, -0.15) is 4.57 Å². The second kappa shape index (κ2) is 4.59. The molecule has 4 aromatic rings. The summed E-state index contributed by atoms with van der Waals surface area (Å²) in [6.07, 6.45) is 3.32. The third-order valence-corrected chi connectivity index (χ3v) is 4.86. The summed E-state index contributed by atoms with van der Waals surface area (Å²) >= 11 is 0. The average molecular weight is 301 g/mol. The number of nitrogens with one attached hydrogen (secondary N) is 1. The van der Waals surface area contributed by atoms with Gasteiger partial charge in [-0.3, -0.25) is 0 Å². The summed E-state index contributed by atoms with van der Waals surface area (Å²) in [7, 11) is 1.71. The molecule has 0 bridgehead atoms. The van der Waals surface area contributed by atoms with Crippen LogP contribution in [-0.2, 0) is 13.0 Å². The summed E-state index contributed by atoms with van der Waals surface area (Å²) in [5, 5.41) is 3.88. The number of pyridine rings is 1. The van der Waals surface area contributed by atoms with Crippen molar-refractivity contribution in [1.82, 2.24) is 4.98 Å². The number of methoxy groups -OCH3 is 1. The first-order chi connectivity index (χ1) is 11.3. The van der Waals surface area contributed by atoms with E-state index in [1.54, 1.807) is 7.11 Å². The van der Waals surface area contributed by atoms with Gasteiger partial charge in [0.2, 0.25) is 5.69 Å². The fraction of sp³-hybridized carbons (Fsp3) is 0.150. The molecule has 2 aromatic heterocycles. The monoisotopic (exact) mass is 301 g/mol.